The smallest absolute Gasteiger partial charge is 0.193 e. The summed E-state index contributed by atoms with van der Waals surface area (Å²) in [6.07, 6.45) is 1.24. The first-order valence-corrected chi connectivity index (χ1v) is 10.4. The van der Waals surface area contributed by atoms with E-state index in [2.05, 4.69) is 29.1 Å². The van der Waals surface area contributed by atoms with Gasteiger partial charge in [-0.25, -0.2) is 8.42 Å². The molecule has 1 aromatic rings. The number of likely N-dealkylation sites (tertiary alicyclic amines) is 1. The number of nitrogens with one attached hydrogen (secondary N) is 1. The van der Waals surface area contributed by atoms with Crippen molar-refractivity contribution < 1.29 is 8.42 Å². The van der Waals surface area contributed by atoms with E-state index in [-0.39, 0.29) is 11.5 Å². The first-order chi connectivity index (χ1) is 11.4. The number of piperidine rings is 1. The molecule has 1 aromatic carbocycles. The Morgan fingerprint density at radius 3 is 2.42 bits per heavy atom. The molecule has 0 saturated carbocycles. The first kappa shape index (κ1) is 18.8. The minimum atomic E-state index is -3.13. The number of sulfone groups is 1. The summed E-state index contributed by atoms with van der Waals surface area (Å²) in [5.74, 6) is 2.28. The molecular weight excluding hydrogens is 322 g/mol. The zero-order valence-corrected chi connectivity index (χ0v) is 15.7. The van der Waals surface area contributed by atoms with Gasteiger partial charge in [0.25, 0.3) is 0 Å². The normalized spacial score (nSPS) is 22.5. The summed E-state index contributed by atoms with van der Waals surface area (Å²) in [4.78, 5) is 6.56. The molecule has 1 saturated heterocycles. The van der Waals surface area contributed by atoms with Crippen LogP contribution >= 0.6 is 0 Å². The largest absolute Gasteiger partial charge is 0.355 e. The van der Waals surface area contributed by atoms with Crippen molar-refractivity contribution in [3.8, 4) is 0 Å². The Morgan fingerprint density at radius 2 is 1.83 bits per heavy atom. The van der Waals surface area contributed by atoms with Gasteiger partial charge in [0.2, 0.25) is 0 Å². The van der Waals surface area contributed by atoms with Gasteiger partial charge in [-0.1, -0.05) is 44.2 Å². The minimum Gasteiger partial charge on any atom is -0.355 e. The van der Waals surface area contributed by atoms with Crippen LogP contribution in [-0.2, 0) is 15.6 Å². The molecular formula is C18H29N3O2S. The SMILES string of the molecule is CN=C(NCCS(=O)(=O)Cc1ccccc1)N1CC(C)CC(C)C1. The molecule has 1 aliphatic heterocycles. The Kier molecular flexibility index (Phi) is 6.66. The summed E-state index contributed by atoms with van der Waals surface area (Å²) in [6, 6.07) is 9.32. The zero-order chi connectivity index (χ0) is 17.6. The molecule has 1 N–H and O–H groups in total. The fourth-order valence-corrected chi connectivity index (χ4v) is 4.64. The molecule has 1 heterocycles. The number of rotatable bonds is 5. The van der Waals surface area contributed by atoms with Crippen LogP contribution < -0.4 is 5.32 Å². The van der Waals surface area contributed by atoms with Crippen LogP contribution in [0.5, 0.6) is 0 Å². The highest BCUT2D eigenvalue weighted by atomic mass is 32.2. The van der Waals surface area contributed by atoms with Crippen LogP contribution in [0.2, 0.25) is 0 Å². The second-order valence-electron chi connectivity index (χ2n) is 6.90. The van der Waals surface area contributed by atoms with E-state index in [0.29, 0.717) is 18.4 Å². The van der Waals surface area contributed by atoms with Gasteiger partial charge in [-0.05, 0) is 23.8 Å². The van der Waals surface area contributed by atoms with Crippen LogP contribution in [0.3, 0.4) is 0 Å². The van der Waals surface area contributed by atoms with Crippen LogP contribution in [0.25, 0.3) is 0 Å². The van der Waals surface area contributed by atoms with Crippen molar-refractivity contribution >= 4 is 15.8 Å². The summed E-state index contributed by atoms with van der Waals surface area (Å²) < 4.78 is 24.5. The highest BCUT2D eigenvalue weighted by Gasteiger charge is 2.24. The molecule has 24 heavy (non-hydrogen) atoms. The lowest BCUT2D eigenvalue weighted by atomic mass is 9.92. The van der Waals surface area contributed by atoms with Crippen molar-refractivity contribution in [3.05, 3.63) is 35.9 Å². The highest BCUT2D eigenvalue weighted by molar-refractivity contribution is 7.90. The van der Waals surface area contributed by atoms with E-state index in [1.807, 2.05) is 30.3 Å². The van der Waals surface area contributed by atoms with Gasteiger partial charge in [-0.15, -0.1) is 0 Å². The molecule has 134 valence electrons. The van der Waals surface area contributed by atoms with Gasteiger partial charge in [-0.3, -0.25) is 4.99 Å². The van der Waals surface area contributed by atoms with Crippen molar-refractivity contribution in [3.63, 3.8) is 0 Å². The number of guanidine groups is 1. The lowest BCUT2D eigenvalue weighted by Gasteiger charge is -2.37. The molecule has 2 unspecified atom stereocenters. The molecule has 0 spiro atoms. The van der Waals surface area contributed by atoms with Crippen molar-refractivity contribution in [1.82, 2.24) is 10.2 Å². The number of nitrogens with zero attached hydrogens (tertiary/aromatic N) is 2. The number of benzene rings is 1. The monoisotopic (exact) mass is 351 g/mol. The maximum atomic E-state index is 12.3. The zero-order valence-electron chi connectivity index (χ0n) is 14.9. The Hall–Kier alpha value is -1.56. The van der Waals surface area contributed by atoms with Crippen LogP contribution in [0.4, 0.5) is 0 Å². The van der Waals surface area contributed by atoms with Crippen LogP contribution in [0.15, 0.2) is 35.3 Å². The number of hydrogen-bond donors (Lipinski definition) is 1. The maximum Gasteiger partial charge on any atom is 0.193 e. The molecule has 0 amide bonds. The second-order valence-corrected chi connectivity index (χ2v) is 9.09. The summed E-state index contributed by atoms with van der Waals surface area (Å²) >= 11 is 0. The van der Waals surface area contributed by atoms with E-state index >= 15 is 0 Å². The van der Waals surface area contributed by atoms with E-state index in [9.17, 15) is 8.42 Å². The van der Waals surface area contributed by atoms with Gasteiger partial charge in [0.15, 0.2) is 15.8 Å². The number of aliphatic imine (C=N–C) groups is 1. The van der Waals surface area contributed by atoms with Crippen LogP contribution in [-0.4, -0.2) is 51.7 Å². The molecule has 0 aliphatic carbocycles. The van der Waals surface area contributed by atoms with E-state index in [1.54, 1.807) is 7.05 Å². The second kappa shape index (κ2) is 8.51. The third-order valence-corrected chi connectivity index (χ3v) is 5.91. The third-order valence-electron chi connectivity index (χ3n) is 4.31. The average molecular weight is 352 g/mol. The Balaban J connectivity index is 1.85. The predicted octanol–water partition coefficient (Wildman–Crippen LogP) is 2.15. The fourth-order valence-electron chi connectivity index (χ4n) is 3.39. The average Bonchev–Trinajstić information content (AvgIpc) is 2.51. The van der Waals surface area contributed by atoms with E-state index in [0.717, 1.165) is 24.6 Å². The van der Waals surface area contributed by atoms with Crippen molar-refractivity contribution in [2.24, 2.45) is 16.8 Å². The predicted molar refractivity (Wildman–Crippen MR) is 99.8 cm³/mol. The van der Waals surface area contributed by atoms with Gasteiger partial charge >= 0.3 is 0 Å². The fraction of sp³-hybridized carbons (Fsp3) is 0.611. The molecule has 2 atom stereocenters. The molecule has 0 radical (unpaired) electrons. The van der Waals surface area contributed by atoms with Gasteiger partial charge in [-0.2, -0.15) is 0 Å². The Bertz CT molecular complexity index is 633. The van der Waals surface area contributed by atoms with Crippen molar-refractivity contribution in [1.29, 1.82) is 0 Å². The van der Waals surface area contributed by atoms with Crippen LogP contribution in [0, 0.1) is 11.8 Å². The lowest BCUT2D eigenvalue weighted by molar-refractivity contribution is 0.209. The van der Waals surface area contributed by atoms with E-state index < -0.39 is 9.84 Å². The quantitative estimate of drug-likeness (QED) is 0.652. The molecule has 1 fully saturated rings. The molecule has 6 heteroatoms. The van der Waals surface area contributed by atoms with Gasteiger partial charge in [0, 0.05) is 26.7 Å². The maximum absolute atomic E-state index is 12.3. The third kappa shape index (κ3) is 5.82. The summed E-state index contributed by atoms with van der Waals surface area (Å²) in [7, 11) is -1.37. The highest BCUT2D eigenvalue weighted by Crippen LogP contribution is 2.20. The van der Waals surface area contributed by atoms with E-state index in [1.165, 1.54) is 6.42 Å². The molecule has 1 aliphatic rings. The van der Waals surface area contributed by atoms with Crippen LogP contribution in [0.1, 0.15) is 25.8 Å². The molecule has 5 nitrogen and oxygen atoms in total. The summed E-state index contributed by atoms with van der Waals surface area (Å²) in [6.45, 7) is 6.84. The topological polar surface area (TPSA) is 61.8 Å². The first-order valence-electron chi connectivity index (χ1n) is 8.59. The minimum absolute atomic E-state index is 0.0892. The van der Waals surface area contributed by atoms with Gasteiger partial charge in [0.1, 0.15) is 0 Å². The summed E-state index contributed by atoms with van der Waals surface area (Å²) in [5.41, 5.74) is 0.834. The molecule has 0 aromatic heterocycles. The standard InChI is InChI=1S/C18H29N3O2S/c1-15-11-16(2)13-21(12-15)18(19-3)20-9-10-24(22,23)14-17-7-5-4-6-8-17/h4-8,15-16H,9-14H2,1-3H3,(H,19,20). The van der Waals surface area contributed by atoms with Gasteiger partial charge in [0.05, 0.1) is 11.5 Å². The Labute approximate surface area is 146 Å². The summed E-state index contributed by atoms with van der Waals surface area (Å²) in [5, 5.41) is 3.22. The Morgan fingerprint density at radius 1 is 1.21 bits per heavy atom. The lowest BCUT2D eigenvalue weighted by Crippen LogP contribution is -2.49. The van der Waals surface area contributed by atoms with Crippen molar-refractivity contribution in [2.45, 2.75) is 26.0 Å². The molecule has 2 rings (SSSR count). The molecule has 0 bridgehead atoms. The number of hydrogen-bond acceptors (Lipinski definition) is 3. The van der Waals surface area contributed by atoms with E-state index in [4.69, 9.17) is 0 Å². The van der Waals surface area contributed by atoms with Gasteiger partial charge < -0.3 is 10.2 Å². The van der Waals surface area contributed by atoms with Crippen molar-refractivity contribution in [2.75, 3.05) is 32.4 Å².